The van der Waals surface area contributed by atoms with E-state index in [1.807, 2.05) is 42.5 Å². The predicted molar refractivity (Wildman–Crippen MR) is 69.1 cm³/mol. The van der Waals surface area contributed by atoms with Gasteiger partial charge >= 0.3 is 106 Å². The van der Waals surface area contributed by atoms with Crippen LogP contribution in [0.1, 0.15) is 15.9 Å². The van der Waals surface area contributed by atoms with Gasteiger partial charge in [0.05, 0.1) is 0 Å². The second-order valence-corrected chi connectivity index (χ2v) is 6.11. The Morgan fingerprint density at radius 2 is 1.88 bits per heavy atom. The van der Waals surface area contributed by atoms with Gasteiger partial charge in [0, 0.05) is 0 Å². The van der Waals surface area contributed by atoms with E-state index in [2.05, 4.69) is 11.4 Å². The normalized spacial score (nSPS) is 11.8. The van der Waals surface area contributed by atoms with Gasteiger partial charge in [0.25, 0.3) is 0 Å². The van der Waals surface area contributed by atoms with Crippen LogP contribution in [-0.2, 0) is 6.54 Å². The molecule has 3 rings (SSSR count). The molecule has 0 saturated carbocycles. The molecule has 1 aliphatic rings. The third kappa shape index (κ3) is 2.26. The third-order valence-corrected chi connectivity index (χ3v) is 4.79. The molecule has 0 unspecified atom stereocenters. The van der Waals surface area contributed by atoms with Gasteiger partial charge in [-0.2, -0.15) is 0 Å². The fourth-order valence-corrected chi connectivity index (χ4v) is 3.34. The molecule has 84 valence electrons. The van der Waals surface area contributed by atoms with Gasteiger partial charge in [0.15, 0.2) is 0 Å². The van der Waals surface area contributed by atoms with E-state index < -0.39 is 0 Å². The summed E-state index contributed by atoms with van der Waals surface area (Å²) in [6, 6.07) is 15.9. The van der Waals surface area contributed by atoms with E-state index in [9.17, 15) is 4.79 Å². The summed E-state index contributed by atoms with van der Waals surface area (Å²) >= 11 is 0.447. The minimum atomic E-state index is 0.0464. The Morgan fingerprint density at radius 3 is 2.71 bits per heavy atom. The average Bonchev–Trinajstić information content (AvgIpc) is 3.16. The molecule has 0 aromatic heterocycles. The molecule has 0 spiro atoms. The van der Waals surface area contributed by atoms with Crippen LogP contribution in [0.15, 0.2) is 48.5 Å². The summed E-state index contributed by atoms with van der Waals surface area (Å²) in [5.74, 6) is 0.0464. The SMILES string of the molecule is O=C(NCc1ccccc1)c1cccc2c1[Se]2. The van der Waals surface area contributed by atoms with E-state index in [-0.39, 0.29) is 5.91 Å². The van der Waals surface area contributed by atoms with E-state index in [1.54, 1.807) is 0 Å². The zero-order chi connectivity index (χ0) is 11.7. The number of carbonyl (C=O) groups excluding carboxylic acids is 1. The van der Waals surface area contributed by atoms with Crippen LogP contribution < -0.4 is 14.2 Å². The average molecular weight is 288 g/mol. The molecule has 0 radical (unpaired) electrons. The first-order valence-corrected chi connectivity index (χ1v) is 7.19. The van der Waals surface area contributed by atoms with E-state index >= 15 is 0 Å². The quantitative estimate of drug-likeness (QED) is 0.702. The van der Waals surface area contributed by atoms with E-state index in [1.165, 1.54) is 8.92 Å². The summed E-state index contributed by atoms with van der Waals surface area (Å²) < 4.78 is 2.63. The summed E-state index contributed by atoms with van der Waals surface area (Å²) in [6.07, 6.45) is 0. The van der Waals surface area contributed by atoms with Crippen molar-refractivity contribution in [2.75, 3.05) is 0 Å². The molecule has 2 aromatic carbocycles. The van der Waals surface area contributed by atoms with Crippen LogP contribution in [0.4, 0.5) is 0 Å². The first kappa shape index (κ1) is 10.6. The molecule has 1 heterocycles. The van der Waals surface area contributed by atoms with Crippen LogP contribution in [0.5, 0.6) is 0 Å². The number of amides is 1. The number of benzene rings is 2. The topological polar surface area (TPSA) is 29.1 Å². The molecule has 3 heteroatoms. The molecule has 0 atom stereocenters. The van der Waals surface area contributed by atoms with Crippen LogP contribution in [0, 0.1) is 0 Å². The van der Waals surface area contributed by atoms with Gasteiger partial charge in [-0.3, -0.25) is 0 Å². The number of nitrogens with one attached hydrogen (secondary N) is 1. The van der Waals surface area contributed by atoms with Crippen LogP contribution in [-0.4, -0.2) is 20.9 Å². The van der Waals surface area contributed by atoms with Gasteiger partial charge in [0.1, 0.15) is 0 Å². The van der Waals surface area contributed by atoms with Gasteiger partial charge < -0.3 is 0 Å². The molecule has 1 N–H and O–H groups in total. The van der Waals surface area contributed by atoms with Crippen LogP contribution in [0.2, 0.25) is 0 Å². The van der Waals surface area contributed by atoms with Crippen molar-refractivity contribution in [3.05, 3.63) is 59.7 Å². The molecular formula is C14H11NOSe. The summed E-state index contributed by atoms with van der Waals surface area (Å²) in [6.45, 7) is 0.594. The Kier molecular flexibility index (Phi) is 2.71. The maximum atomic E-state index is 12.0. The summed E-state index contributed by atoms with van der Waals surface area (Å²) in [7, 11) is 0. The standard InChI is InChI=1S/C14H11NOSe/c16-14(11-7-4-8-12-13(11)17-12)15-9-10-5-2-1-3-6-10/h1-8H,9H2,(H,15,16). The molecule has 0 aliphatic carbocycles. The van der Waals surface area contributed by atoms with Crippen LogP contribution in [0.25, 0.3) is 0 Å². The minimum absolute atomic E-state index is 0.0464. The van der Waals surface area contributed by atoms with E-state index in [4.69, 9.17) is 0 Å². The molecule has 0 bridgehead atoms. The summed E-state index contributed by atoms with van der Waals surface area (Å²) in [4.78, 5) is 12.0. The Balaban J connectivity index is 1.68. The van der Waals surface area contributed by atoms with E-state index in [0.29, 0.717) is 21.5 Å². The van der Waals surface area contributed by atoms with Crippen molar-refractivity contribution in [3.63, 3.8) is 0 Å². The first-order chi connectivity index (χ1) is 8.34. The number of hydrogen-bond acceptors (Lipinski definition) is 1. The van der Waals surface area contributed by atoms with Crippen molar-refractivity contribution in [3.8, 4) is 0 Å². The van der Waals surface area contributed by atoms with Crippen molar-refractivity contribution < 1.29 is 4.79 Å². The first-order valence-electron chi connectivity index (χ1n) is 5.47. The second-order valence-electron chi connectivity index (χ2n) is 3.90. The Labute approximate surface area is 106 Å². The second kappa shape index (κ2) is 4.36. The predicted octanol–water partition coefficient (Wildman–Crippen LogP) is 0.585. The zero-order valence-electron chi connectivity index (χ0n) is 9.14. The van der Waals surface area contributed by atoms with Crippen LogP contribution in [0.3, 0.4) is 0 Å². The molecule has 1 amide bonds. The van der Waals surface area contributed by atoms with Gasteiger partial charge in [-0.25, -0.2) is 0 Å². The van der Waals surface area contributed by atoms with Crippen molar-refractivity contribution in [2.24, 2.45) is 0 Å². The van der Waals surface area contributed by atoms with Gasteiger partial charge in [0.2, 0.25) is 0 Å². The number of carbonyl (C=O) groups is 1. The molecule has 0 saturated heterocycles. The van der Waals surface area contributed by atoms with Crippen molar-refractivity contribution in [2.45, 2.75) is 6.54 Å². The third-order valence-electron chi connectivity index (χ3n) is 2.69. The van der Waals surface area contributed by atoms with Crippen molar-refractivity contribution in [1.29, 1.82) is 0 Å². The van der Waals surface area contributed by atoms with Gasteiger partial charge in [-0.05, 0) is 0 Å². The Hall–Kier alpha value is -1.57. The van der Waals surface area contributed by atoms with Crippen LogP contribution >= 0.6 is 0 Å². The molecule has 2 aromatic rings. The zero-order valence-corrected chi connectivity index (χ0v) is 10.9. The molecule has 17 heavy (non-hydrogen) atoms. The Bertz CT molecular complexity index is 566. The summed E-state index contributed by atoms with van der Waals surface area (Å²) in [5.41, 5.74) is 1.99. The monoisotopic (exact) mass is 289 g/mol. The van der Waals surface area contributed by atoms with Gasteiger partial charge in [-0.15, -0.1) is 0 Å². The molecule has 0 fully saturated rings. The fraction of sp³-hybridized carbons (Fsp3) is 0.0714. The van der Waals surface area contributed by atoms with Gasteiger partial charge in [-0.1, -0.05) is 0 Å². The number of hydrogen-bond donors (Lipinski definition) is 1. The molecular weight excluding hydrogens is 277 g/mol. The molecule has 2 nitrogen and oxygen atoms in total. The number of rotatable bonds is 3. The summed E-state index contributed by atoms with van der Waals surface area (Å²) in [5, 5.41) is 2.96. The molecule has 1 aliphatic heterocycles. The van der Waals surface area contributed by atoms with E-state index in [0.717, 1.165) is 11.1 Å². The Morgan fingerprint density at radius 1 is 1.06 bits per heavy atom. The fourth-order valence-electron chi connectivity index (χ4n) is 1.74. The van der Waals surface area contributed by atoms with Crippen molar-refractivity contribution in [1.82, 2.24) is 5.32 Å². The maximum absolute atomic E-state index is 12.0. The number of fused-ring (bicyclic) bond motifs is 1. The van der Waals surface area contributed by atoms with Crippen molar-refractivity contribution >= 4 is 29.8 Å².